The van der Waals surface area contributed by atoms with Crippen molar-refractivity contribution in [2.45, 2.75) is 6.42 Å². The molecule has 6 heteroatoms. The summed E-state index contributed by atoms with van der Waals surface area (Å²) in [7, 11) is 3.25. The molecule has 0 aliphatic carbocycles. The zero-order chi connectivity index (χ0) is 16.1. The summed E-state index contributed by atoms with van der Waals surface area (Å²) in [6, 6.07) is 13.9. The Kier molecular flexibility index (Phi) is 6.21. The first-order valence-corrected chi connectivity index (χ1v) is 7.46. The molecule has 1 aromatic heterocycles. The maximum absolute atomic E-state index is 5.38. The Morgan fingerprint density at radius 1 is 0.958 bits per heavy atom. The van der Waals surface area contributed by atoms with E-state index in [1.807, 2.05) is 42.5 Å². The van der Waals surface area contributed by atoms with Crippen LogP contribution in [0.2, 0.25) is 0 Å². The number of rotatable bonds is 6. The number of ether oxygens (including phenoxy) is 2. The van der Waals surface area contributed by atoms with Crippen LogP contribution in [0.15, 0.2) is 48.8 Å². The molecule has 3 rings (SSSR count). The number of anilines is 1. The second-order valence-electron chi connectivity index (χ2n) is 5.09. The second-order valence-corrected chi connectivity index (χ2v) is 5.09. The molecule has 24 heavy (non-hydrogen) atoms. The van der Waals surface area contributed by atoms with E-state index in [4.69, 9.17) is 9.47 Å². The number of aromatic nitrogens is 2. The minimum Gasteiger partial charge on any atom is -0.493 e. The minimum absolute atomic E-state index is 0. The van der Waals surface area contributed by atoms with E-state index in [2.05, 4.69) is 15.3 Å². The van der Waals surface area contributed by atoms with E-state index in [1.54, 1.807) is 20.5 Å². The molecule has 0 radical (unpaired) electrons. The van der Waals surface area contributed by atoms with E-state index in [0.29, 0.717) is 11.5 Å². The van der Waals surface area contributed by atoms with Gasteiger partial charge in [0.2, 0.25) is 0 Å². The largest absolute Gasteiger partial charge is 0.493 e. The van der Waals surface area contributed by atoms with Crippen LogP contribution in [0, 0.1) is 0 Å². The van der Waals surface area contributed by atoms with Crippen molar-refractivity contribution in [2.75, 3.05) is 26.1 Å². The average Bonchev–Trinajstić information content (AvgIpc) is 2.61. The fraction of sp³-hybridized carbons (Fsp3) is 0.222. The van der Waals surface area contributed by atoms with Gasteiger partial charge in [-0.1, -0.05) is 18.2 Å². The van der Waals surface area contributed by atoms with Crippen molar-refractivity contribution in [3.8, 4) is 11.5 Å². The third-order valence-corrected chi connectivity index (χ3v) is 3.69. The van der Waals surface area contributed by atoms with Gasteiger partial charge in [0, 0.05) is 30.1 Å². The van der Waals surface area contributed by atoms with Crippen molar-refractivity contribution in [2.24, 2.45) is 0 Å². The highest BCUT2D eigenvalue weighted by atomic mass is 35.5. The zero-order valence-corrected chi connectivity index (χ0v) is 14.5. The molecular weight excluding hydrogens is 326 g/mol. The summed E-state index contributed by atoms with van der Waals surface area (Å²) in [5, 5.41) is 4.38. The van der Waals surface area contributed by atoms with E-state index in [9.17, 15) is 0 Å². The molecule has 1 N–H and O–H groups in total. The van der Waals surface area contributed by atoms with Crippen LogP contribution in [0.1, 0.15) is 5.69 Å². The number of hydrogen-bond acceptors (Lipinski definition) is 5. The number of fused-ring (bicyclic) bond motifs is 1. The molecule has 0 spiro atoms. The first-order chi connectivity index (χ1) is 11.3. The highest BCUT2D eigenvalue weighted by Gasteiger charge is 2.10. The summed E-state index contributed by atoms with van der Waals surface area (Å²) in [6.07, 6.45) is 2.38. The fourth-order valence-corrected chi connectivity index (χ4v) is 2.52. The van der Waals surface area contributed by atoms with Gasteiger partial charge in [-0.25, -0.2) is 9.97 Å². The average molecular weight is 346 g/mol. The Bertz CT molecular complexity index is 797. The molecule has 0 saturated carbocycles. The number of halogens is 1. The van der Waals surface area contributed by atoms with Gasteiger partial charge in [-0.05, 0) is 18.2 Å². The number of nitrogens with zero attached hydrogens (tertiary/aromatic N) is 2. The minimum atomic E-state index is 0. The smallest absolute Gasteiger partial charge is 0.162 e. The molecule has 2 aromatic carbocycles. The summed E-state index contributed by atoms with van der Waals surface area (Å²) in [6.45, 7) is 0.796. The molecule has 0 fully saturated rings. The highest BCUT2D eigenvalue weighted by Crippen LogP contribution is 2.32. The topological polar surface area (TPSA) is 56.3 Å². The Morgan fingerprint density at radius 3 is 2.38 bits per heavy atom. The van der Waals surface area contributed by atoms with Crippen LogP contribution in [-0.4, -0.2) is 30.7 Å². The molecule has 0 aliphatic rings. The lowest BCUT2D eigenvalue weighted by molar-refractivity contribution is 0.355. The summed E-state index contributed by atoms with van der Waals surface area (Å²) in [4.78, 5) is 8.75. The number of nitrogens with one attached hydrogen (secondary N) is 1. The highest BCUT2D eigenvalue weighted by molar-refractivity contribution is 5.85. The summed E-state index contributed by atoms with van der Waals surface area (Å²) >= 11 is 0. The lowest BCUT2D eigenvalue weighted by Crippen LogP contribution is -2.07. The lowest BCUT2D eigenvalue weighted by Gasteiger charge is -2.11. The van der Waals surface area contributed by atoms with Crippen molar-refractivity contribution in [1.82, 2.24) is 9.97 Å². The molecule has 0 bridgehead atoms. The van der Waals surface area contributed by atoms with Gasteiger partial charge in [-0.2, -0.15) is 0 Å². The van der Waals surface area contributed by atoms with Gasteiger partial charge in [-0.3, -0.25) is 0 Å². The van der Waals surface area contributed by atoms with Crippen LogP contribution in [0.25, 0.3) is 10.9 Å². The van der Waals surface area contributed by atoms with Crippen LogP contribution >= 0.6 is 12.4 Å². The molecule has 0 unspecified atom stereocenters. The van der Waals surface area contributed by atoms with Crippen molar-refractivity contribution in [1.29, 1.82) is 0 Å². The van der Waals surface area contributed by atoms with Crippen molar-refractivity contribution < 1.29 is 9.47 Å². The van der Waals surface area contributed by atoms with Crippen LogP contribution in [-0.2, 0) is 6.42 Å². The maximum atomic E-state index is 5.38. The zero-order valence-electron chi connectivity index (χ0n) is 13.7. The Balaban J connectivity index is 0.00000208. The summed E-state index contributed by atoms with van der Waals surface area (Å²) in [5.41, 5.74) is 2.94. The Labute approximate surface area is 147 Å². The van der Waals surface area contributed by atoms with Gasteiger partial charge in [0.15, 0.2) is 11.5 Å². The van der Waals surface area contributed by atoms with Crippen molar-refractivity contribution in [3.63, 3.8) is 0 Å². The number of hydrogen-bond donors (Lipinski definition) is 1. The third kappa shape index (κ3) is 3.86. The molecule has 0 saturated heterocycles. The fourth-order valence-electron chi connectivity index (χ4n) is 2.52. The van der Waals surface area contributed by atoms with Crippen LogP contribution in [0.3, 0.4) is 0 Å². The predicted octanol–water partition coefficient (Wildman–Crippen LogP) is 3.72. The number of para-hydroxylation sites is 1. The van der Waals surface area contributed by atoms with Crippen molar-refractivity contribution >= 4 is 29.0 Å². The number of methoxy groups -OCH3 is 2. The van der Waals surface area contributed by atoms with E-state index >= 15 is 0 Å². The van der Waals surface area contributed by atoms with Gasteiger partial charge < -0.3 is 14.8 Å². The monoisotopic (exact) mass is 345 g/mol. The molecule has 0 amide bonds. The van der Waals surface area contributed by atoms with Gasteiger partial charge in [-0.15, -0.1) is 12.4 Å². The molecular formula is C18H20ClN3O2. The van der Waals surface area contributed by atoms with Gasteiger partial charge in [0.1, 0.15) is 6.33 Å². The van der Waals surface area contributed by atoms with E-state index in [-0.39, 0.29) is 12.4 Å². The molecule has 126 valence electrons. The lowest BCUT2D eigenvalue weighted by atomic mass is 10.1. The third-order valence-electron chi connectivity index (χ3n) is 3.69. The quantitative estimate of drug-likeness (QED) is 0.737. The molecule has 1 heterocycles. The van der Waals surface area contributed by atoms with Crippen molar-refractivity contribution in [3.05, 3.63) is 54.5 Å². The Morgan fingerprint density at radius 2 is 1.67 bits per heavy atom. The van der Waals surface area contributed by atoms with Crippen LogP contribution in [0.4, 0.5) is 5.69 Å². The molecule has 3 aromatic rings. The molecule has 5 nitrogen and oxygen atoms in total. The van der Waals surface area contributed by atoms with Crippen LogP contribution < -0.4 is 14.8 Å². The summed E-state index contributed by atoms with van der Waals surface area (Å²) in [5.74, 6) is 1.36. The van der Waals surface area contributed by atoms with E-state index < -0.39 is 0 Å². The Hall–Kier alpha value is -2.53. The number of benzene rings is 2. The predicted molar refractivity (Wildman–Crippen MR) is 98.5 cm³/mol. The van der Waals surface area contributed by atoms with Gasteiger partial charge in [0.25, 0.3) is 0 Å². The van der Waals surface area contributed by atoms with E-state index in [0.717, 1.165) is 35.2 Å². The first-order valence-electron chi connectivity index (χ1n) is 7.46. The summed E-state index contributed by atoms with van der Waals surface area (Å²) < 4.78 is 10.7. The molecule has 0 atom stereocenters. The maximum Gasteiger partial charge on any atom is 0.162 e. The van der Waals surface area contributed by atoms with E-state index in [1.165, 1.54) is 0 Å². The standard InChI is InChI=1S/C18H19N3O2.ClH/c1-22-17-10-14-15(8-9-19-13-6-4-3-5-7-13)20-12-21-16(14)11-18(17)23-2;/h3-7,10-12,19H,8-9H2,1-2H3;1H. The molecule has 0 aliphatic heterocycles. The van der Waals surface area contributed by atoms with Crippen LogP contribution in [0.5, 0.6) is 11.5 Å². The normalized spacial score (nSPS) is 10.1. The second kappa shape index (κ2) is 8.36. The first kappa shape index (κ1) is 17.8. The SMILES string of the molecule is COc1cc2ncnc(CCNc3ccccc3)c2cc1OC.Cl. The van der Waals surface area contributed by atoms with Gasteiger partial charge >= 0.3 is 0 Å². The van der Waals surface area contributed by atoms with Gasteiger partial charge in [0.05, 0.1) is 25.4 Å².